The summed E-state index contributed by atoms with van der Waals surface area (Å²) in [4.78, 5) is 8.64. The molecule has 0 radical (unpaired) electrons. The second-order valence-electron chi connectivity index (χ2n) is 4.68. The molecule has 0 saturated heterocycles. The van der Waals surface area contributed by atoms with Crippen LogP contribution in [0.1, 0.15) is 17.0 Å². The van der Waals surface area contributed by atoms with Gasteiger partial charge in [-0.15, -0.1) is 0 Å². The largest absolute Gasteiger partial charge is 0.352 e. The van der Waals surface area contributed by atoms with E-state index in [2.05, 4.69) is 20.6 Å². The van der Waals surface area contributed by atoms with Gasteiger partial charge in [-0.2, -0.15) is 0 Å². The zero-order valence-electron chi connectivity index (χ0n) is 12.2. The summed E-state index contributed by atoms with van der Waals surface area (Å²) in [5.41, 5.74) is 3.11. The fourth-order valence-electron chi connectivity index (χ4n) is 1.93. The van der Waals surface area contributed by atoms with Crippen LogP contribution < -0.4 is 10.6 Å². The quantitative estimate of drug-likeness (QED) is 0.674. The first-order valence-corrected chi connectivity index (χ1v) is 7.16. The van der Waals surface area contributed by atoms with Crippen LogP contribution >= 0.6 is 11.6 Å². The molecule has 0 unspecified atom stereocenters. The van der Waals surface area contributed by atoms with Crippen molar-refractivity contribution in [1.29, 1.82) is 0 Å². The second-order valence-corrected chi connectivity index (χ2v) is 5.12. The number of guanidine groups is 1. The van der Waals surface area contributed by atoms with E-state index in [0.717, 1.165) is 27.9 Å². The maximum absolute atomic E-state index is 5.97. The smallest absolute Gasteiger partial charge is 0.191 e. The number of nitrogens with one attached hydrogen (secondary N) is 2. The number of hydrogen-bond donors (Lipinski definition) is 2. The zero-order valence-corrected chi connectivity index (χ0v) is 13.0. The number of hydrogen-bond acceptors (Lipinski definition) is 2. The number of aliphatic imine (C=N–C) groups is 1. The Morgan fingerprint density at radius 2 is 1.90 bits per heavy atom. The van der Waals surface area contributed by atoms with Gasteiger partial charge in [-0.3, -0.25) is 9.98 Å². The molecule has 0 aliphatic carbocycles. The van der Waals surface area contributed by atoms with E-state index in [0.29, 0.717) is 13.1 Å². The van der Waals surface area contributed by atoms with Crippen LogP contribution in [0, 0.1) is 6.92 Å². The number of aromatic nitrogens is 1. The predicted octanol–water partition coefficient (Wildman–Crippen LogP) is 2.91. The molecule has 1 aromatic carbocycles. The number of benzene rings is 1. The first kappa shape index (κ1) is 15.3. The van der Waals surface area contributed by atoms with Crippen molar-refractivity contribution in [3.8, 4) is 0 Å². The summed E-state index contributed by atoms with van der Waals surface area (Å²) in [6.45, 7) is 3.29. The van der Waals surface area contributed by atoms with E-state index in [1.807, 2.05) is 49.4 Å². The molecular weight excluding hydrogens is 284 g/mol. The van der Waals surface area contributed by atoms with Gasteiger partial charge in [0.2, 0.25) is 0 Å². The molecule has 2 rings (SSSR count). The molecular formula is C16H19ClN4. The van der Waals surface area contributed by atoms with E-state index >= 15 is 0 Å². The Labute approximate surface area is 130 Å². The van der Waals surface area contributed by atoms with Crippen molar-refractivity contribution in [3.63, 3.8) is 0 Å². The summed E-state index contributed by atoms with van der Waals surface area (Å²) in [7, 11) is 1.75. The Kier molecular flexibility index (Phi) is 5.58. The molecule has 1 aromatic heterocycles. The van der Waals surface area contributed by atoms with Gasteiger partial charge >= 0.3 is 0 Å². The summed E-state index contributed by atoms with van der Waals surface area (Å²) < 4.78 is 0. The van der Waals surface area contributed by atoms with Crippen LogP contribution in [0.2, 0.25) is 5.02 Å². The van der Waals surface area contributed by atoms with Crippen molar-refractivity contribution in [2.45, 2.75) is 20.0 Å². The maximum atomic E-state index is 5.97. The standard InChI is InChI=1S/C16H19ClN4/c1-12-5-3-8-15(21-12)11-20-16(18-2)19-10-13-6-4-7-14(17)9-13/h3-9H,10-11H2,1-2H3,(H2,18,19,20). The van der Waals surface area contributed by atoms with E-state index in [9.17, 15) is 0 Å². The Morgan fingerprint density at radius 1 is 1.14 bits per heavy atom. The van der Waals surface area contributed by atoms with Gasteiger partial charge in [-0.1, -0.05) is 29.8 Å². The van der Waals surface area contributed by atoms with E-state index in [1.165, 1.54) is 0 Å². The van der Waals surface area contributed by atoms with Gasteiger partial charge in [0.15, 0.2) is 5.96 Å². The highest BCUT2D eigenvalue weighted by Crippen LogP contribution is 2.10. The number of pyridine rings is 1. The molecule has 2 N–H and O–H groups in total. The molecule has 0 aliphatic rings. The van der Waals surface area contributed by atoms with Gasteiger partial charge in [-0.25, -0.2) is 0 Å². The third-order valence-electron chi connectivity index (χ3n) is 2.96. The Hall–Kier alpha value is -2.07. The molecule has 110 valence electrons. The van der Waals surface area contributed by atoms with Crippen molar-refractivity contribution in [2.75, 3.05) is 7.05 Å². The number of nitrogens with zero attached hydrogens (tertiary/aromatic N) is 2. The van der Waals surface area contributed by atoms with Gasteiger partial charge in [0.05, 0.1) is 12.2 Å². The molecule has 0 amide bonds. The molecule has 21 heavy (non-hydrogen) atoms. The van der Waals surface area contributed by atoms with Crippen LogP contribution in [0.3, 0.4) is 0 Å². The van der Waals surface area contributed by atoms with Gasteiger partial charge in [-0.05, 0) is 36.8 Å². The van der Waals surface area contributed by atoms with Gasteiger partial charge < -0.3 is 10.6 Å². The highest BCUT2D eigenvalue weighted by molar-refractivity contribution is 6.30. The highest BCUT2D eigenvalue weighted by Gasteiger charge is 2.00. The van der Waals surface area contributed by atoms with Gasteiger partial charge in [0.1, 0.15) is 0 Å². The summed E-state index contributed by atoms with van der Waals surface area (Å²) in [6, 6.07) is 13.7. The minimum Gasteiger partial charge on any atom is -0.352 e. The van der Waals surface area contributed by atoms with E-state index < -0.39 is 0 Å². The van der Waals surface area contributed by atoms with Crippen molar-refractivity contribution in [3.05, 3.63) is 64.4 Å². The summed E-state index contributed by atoms with van der Waals surface area (Å²) in [5.74, 6) is 0.735. The topological polar surface area (TPSA) is 49.3 Å². The number of aryl methyl sites for hydroxylation is 1. The van der Waals surface area contributed by atoms with E-state index in [-0.39, 0.29) is 0 Å². The van der Waals surface area contributed by atoms with Gasteiger partial charge in [0.25, 0.3) is 0 Å². The lowest BCUT2D eigenvalue weighted by molar-refractivity contribution is 0.791. The molecule has 2 aromatic rings. The first-order chi connectivity index (χ1) is 10.2. The fourth-order valence-corrected chi connectivity index (χ4v) is 2.14. The van der Waals surface area contributed by atoms with Gasteiger partial charge in [0, 0.05) is 24.3 Å². The summed E-state index contributed by atoms with van der Waals surface area (Å²) >= 11 is 5.97. The second kappa shape index (κ2) is 7.64. The molecule has 0 fully saturated rings. The monoisotopic (exact) mass is 302 g/mol. The molecule has 0 bridgehead atoms. The first-order valence-electron chi connectivity index (χ1n) is 6.79. The lowest BCUT2D eigenvalue weighted by atomic mass is 10.2. The fraction of sp³-hybridized carbons (Fsp3) is 0.250. The lowest BCUT2D eigenvalue weighted by Gasteiger charge is -2.12. The minimum absolute atomic E-state index is 0.636. The van der Waals surface area contributed by atoms with Crippen molar-refractivity contribution in [2.24, 2.45) is 4.99 Å². The lowest BCUT2D eigenvalue weighted by Crippen LogP contribution is -2.36. The van der Waals surface area contributed by atoms with Crippen LogP contribution in [-0.2, 0) is 13.1 Å². The molecule has 4 nitrogen and oxygen atoms in total. The van der Waals surface area contributed by atoms with Crippen LogP contribution in [0.4, 0.5) is 0 Å². The van der Waals surface area contributed by atoms with Crippen LogP contribution in [0.25, 0.3) is 0 Å². The average molecular weight is 303 g/mol. The van der Waals surface area contributed by atoms with Crippen LogP contribution in [-0.4, -0.2) is 18.0 Å². The van der Waals surface area contributed by atoms with Crippen LogP contribution in [0.15, 0.2) is 47.5 Å². The molecule has 5 heteroatoms. The summed E-state index contributed by atoms with van der Waals surface area (Å²) in [6.07, 6.45) is 0. The molecule has 1 heterocycles. The highest BCUT2D eigenvalue weighted by atomic mass is 35.5. The normalized spacial score (nSPS) is 11.3. The molecule has 0 saturated carbocycles. The Bertz CT molecular complexity index is 574. The SMILES string of the molecule is CN=C(NCc1cccc(Cl)c1)NCc1cccc(C)n1. The van der Waals surface area contributed by atoms with Crippen molar-refractivity contribution in [1.82, 2.24) is 15.6 Å². The average Bonchev–Trinajstić information content (AvgIpc) is 2.47. The Morgan fingerprint density at radius 3 is 2.62 bits per heavy atom. The predicted molar refractivity (Wildman–Crippen MR) is 87.5 cm³/mol. The third-order valence-corrected chi connectivity index (χ3v) is 3.19. The van der Waals surface area contributed by atoms with Crippen LogP contribution in [0.5, 0.6) is 0 Å². The summed E-state index contributed by atoms with van der Waals surface area (Å²) in [5, 5.41) is 7.23. The third kappa shape index (κ3) is 5.08. The zero-order chi connectivity index (χ0) is 15.1. The van der Waals surface area contributed by atoms with E-state index in [1.54, 1.807) is 7.05 Å². The minimum atomic E-state index is 0.636. The number of rotatable bonds is 4. The van der Waals surface area contributed by atoms with Crippen molar-refractivity contribution < 1.29 is 0 Å². The molecule has 0 spiro atoms. The number of halogens is 1. The van der Waals surface area contributed by atoms with E-state index in [4.69, 9.17) is 11.6 Å². The molecule has 0 atom stereocenters. The maximum Gasteiger partial charge on any atom is 0.191 e. The van der Waals surface area contributed by atoms with Crippen molar-refractivity contribution >= 4 is 17.6 Å². The Balaban J connectivity index is 1.86. The molecule has 0 aliphatic heterocycles.